The quantitative estimate of drug-likeness (QED) is 0.659. The van der Waals surface area contributed by atoms with Crippen molar-refractivity contribution in [2.75, 3.05) is 31.6 Å². The standard InChI is InChI=1S/C19H20N4O3.CH5N/c1-13(20)10-22-18(24)16-9-15(11-21-12-16)8-14-2-4-17(5-3-14)23-6-7-26-19(23)25;1-2/h2-5,9,11-12,20H,6-8,10H2,1H3,(H,22,24);2H2,1H3. The van der Waals surface area contributed by atoms with E-state index in [9.17, 15) is 9.59 Å². The van der Waals surface area contributed by atoms with Crippen LogP contribution >= 0.6 is 0 Å². The molecule has 2 heterocycles. The summed E-state index contributed by atoms with van der Waals surface area (Å²) in [6.07, 6.45) is 3.55. The van der Waals surface area contributed by atoms with E-state index < -0.39 is 0 Å². The van der Waals surface area contributed by atoms with E-state index in [-0.39, 0.29) is 18.5 Å². The van der Waals surface area contributed by atoms with Crippen LogP contribution in [0.3, 0.4) is 0 Å². The summed E-state index contributed by atoms with van der Waals surface area (Å²) in [7, 11) is 1.50. The molecule has 1 aliphatic heterocycles. The third-order valence-corrected chi connectivity index (χ3v) is 3.99. The monoisotopic (exact) mass is 383 g/mol. The van der Waals surface area contributed by atoms with Gasteiger partial charge < -0.3 is 21.2 Å². The van der Waals surface area contributed by atoms with E-state index in [1.165, 1.54) is 13.2 Å². The number of aromatic nitrogens is 1. The summed E-state index contributed by atoms with van der Waals surface area (Å²) in [5.41, 5.74) is 8.14. The molecule has 8 heteroatoms. The first-order valence-corrected chi connectivity index (χ1v) is 8.90. The van der Waals surface area contributed by atoms with Gasteiger partial charge in [-0.1, -0.05) is 12.1 Å². The molecule has 2 aromatic rings. The fourth-order valence-electron chi connectivity index (χ4n) is 2.68. The van der Waals surface area contributed by atoms with Crippen LogP contribution in [0.25, 0.3) is 0 Å². The zero-order chi connectivity index (χ0) is 20.5. The Hall–Kier alpha value is -3.26. The molecule has 148 valence electrons. The van der Waals surface area contributed by atoms with Gasteiger partial charge in [0.1, 0.15) is 6.61 Å². The van der Waals surface area contributed by atoms with E-state index in [0.29, 0.717) is 30.8 Å². The van der Waals surface area contributed by atoms with Crippen molar-refractivity contribution in [2.45, 2.75) is 13.3 Å². The van der Waals surface area contributed by atoms with Gasteiger partial charge in [-0.2, -0.15) is 0 Å². The van der Waals surface area contributed by atoms with Crippen molar-refractivity contribution in [1.29, 1.82) is 5.41 Å². The highest BCUT2D eigenvalue weighted by Crippen LogP contribution is 2.20. The number of hydrogen-bond acceptors (Lipinski definition) is 6. The smallest absolute Gasteiger partial charge is 0.414 e. The second kappa shape index (κ2) is 10.2. The third-order valence-electron chi connectivity index (χ3n) is 3.99. The molecule has 4 N–H and O–H groups in total. The number of nitrogens with one attached hydrogen (secondary N) is 2. The highest BCUT2D eigenvalue weighted by molar-refractivity contribution is 5.96. The molecule has 2 amide bonds. The summed E-state index contributed by atoms with van der Waals surface area (Å²) >= 11 is 0. The largest absolute Gasteiger partial charge is 0.447 e. The van der Waals surface area contributed by atoms with Gasteiger partial charge in [0.15, 0.2) is 0 Å². The minimum Gasteiger partial charge on any atom is -0.447 e. The molecule has 1 aromatic carbocycles. The van der Waals surface area contributed by atoms with Crippen LogP contribution in [0, 0.1) is 5.41 Å². The van der Waals surface area contributed by atoms with E-state index in [4.69, 9.17) is 10.1 Å². The lowest BCUT2D eigenvalue weighted by Gasteiger charge is -2.13. The minimum atomic E-state index is -0.319. The summed E-state index contributed by atoms with van der Waals surface area (Å²) in [5.74, 6) is -0.242. The minimum absolute atomic E-state index is 0.226. The maximum atomic E-state index is 12.1. The Balaban J connectivity index is 0.00000136. The van der Waals surface area contributed by atoms with Crippen LogP contribution in [0.2, 0.25) is 0 Å². The molecule has 3 rings (SSSR count). The van der Waals surface area contributed by atoms with E-state index >= 15 is 0 Å². The molecule has 0 bridgehead atoms. The average molecular weight is 383 g/mol. The average Bonchev–Trinajstić information content (AvgIpc) is 3.14. The van der Waals surface area contributed by atoms with Gasteiger partial charge in [0.2, 0.25) is 0 Å². The summed E-state index contributed by atoms with van der Waals surface area (Å²) < 4.78 is 4.94. The Bertz CT molecular complexity index is 836. The predicted octanol–water partition coefficient (Wildman–Crippen LogP) is 1.97. The van der Waals surface area contributed by atoms with Gasteiger partial charge in [-0.25, -0.2) is 4.79 Å². The highest BCUT2D eigenvalue weighted by Gasteiger charge is 2.23. The number of anilines is 1. The van der Waals surface area contributed by atoms with Crippen molar-refractivity contribution in [3.05, 3.63) is 59.4 Å². The Morgan fingerprint density at radius 2 is 1.96 bits per heavy atom. The lowest BCUT2D eigenvalue weighted by Crippen LogP contribution is -2.28. The van der Waals surface area contributed by atoms with Crippen molar-refractivity contribution >= 4 is 23.4 Å². The molecular weight excluding hydrogens is 358 g/mol. The maximum absolute atomic E-state index is 12.1. The molecule has 0 saturated carbocycles. The van der Waals surface area contributed by atoms with Gasteiger partial charge in [-0.3, -0.25) is 14.7 Å². The number of benzene rings is 1. The zero-order valence-electron chi connectivity index (χ0n) is 16.1. The zero-order valence-corrected chi connectivity index (χ0v) is 16.1. The fraction of sp³-hybridized carbons (Fsp3) is 0.300. The Morgan fingerprint density at radius 3 is 2.57 bits per heavy atom. The molecule has 0 aliphatic carbocycles. The summed E-state index contributed by atoms with van der Waals surface area (Å²) in [5, 5.41) is 10.0. The topological polar surface area (TPSA) is 121 Å². The van der Waals surface area contributed by atoms with Crippen LogP contribution < -0.4 is 16.0 Å². The number of pyridine rings is 1. The van der Waals surface area contributed by atoms with Gasteiger partial charge in [0, 0.05) is 23.8 Å². The normalized spacial score (nSPS) is 12.7. The number of rotatable bonds is 6. The van der Waals surface area contributed by atoms with Crippen molar-refractivity contribution in [2.24, 2.45) is 5.73 Å². The number of hydrogen-bond donors (Lipinski definition) is 3. The maximum Gasteiger partial charge on any atom is 0.414 e. The van der Waals surface area contributed by atoms with Gasteiger partial charge in [-0.15, -0.1) is 0 Å². The SMILES string of the molecule is CC(=N)CNC(=O)c1cncc(Cc2ccc(N3CCOC3=O)cc2)c1.CN. The van der Waals surface area contributed by atoms with Crippen LogP contribution in [0.5, 0.6) is 0 Å². The molecule has 8 nitrogen and oxygen atoms in total. The summed E-state index contributed by atoms with van der Waals surface area (Å²) in [4.78, 5) is 29.4. The molecule has 1 fully saturated rings. The second-order valence-corrected chi connectivity index (χ2v) is 6.15. The van der Waals surface area contributed by atoms with Gasteiger partial charge in [-0.05, 0) is 49.7 Å². The number of ether oxygens (including phenoxy) is 1. The van der Waals surface area contributed by atoms with E-state index in [1.807, 2.05) is 24.3 Å². The van der Waals surface area contributed by atoms with Crippen LogP contribution in [0.15, 0.2) is 42.7 Å². The van der Waals surface area contributed by atoms with Crippen LogP contribution in [-0.4, -0.2) is 49.4 Å². The first-order chi connectivity index (χ1) is 13.5. The first-order valence-electron chi connectivity index (χ1n) is 8.90. The Labute approximate surface area is 164 Å². The van der Waals surface area contributed by atoms with Crippen LogP contribution in [0.4, 0.5) is 10.5 Å². The molecule has 0 atom stereocenters. The van der Waals surface area contributed by atoms with Crippen molar-refractivity contribution in [3.8, 4) is 0 Å². The number of amides is 2. The lowest BCUT2D eigenvalue weighted by molar-refractivity contribution is 0.0958. The highest BCUT2D eigenvalue weighted by atomic mass is 16.6. The molecule has 0 spiro atoms. The molecule has 1 saturated heterocycles. The molecule has 28 heavy (non-hydrogen) atoms. The number of carbonyl (C=O) groups excluding carboxylic acids is 2. The number of cyclic esters (lactones) is 1. The lowest BCUT2D eigenvalue weighted by atomic mass is 10.0. The molecule has 1 aliphatic rings. The number of carbonyl (C=O) groups is 2. The van der Waals surface area contributed by atoms with Gasteiger partial charge >= 0.3 is 6.09 Å². The van der Waals surface area contributed by atoms with Gasteiger partial charge in [0.05, 0.1) is 18.7 Å². The Kier molecular flexibility index (Phi) is 7.65. The fourth-order valence-corrected chi connectivity index (χ4v) is 2.68. The van der Waals surface area contributed by atoms with E-state index in [0.717, 1.165) is 16.8 Å². The molecular formula is C20H25N5O3. The van der Waals surface area contributed by atoms with Crippen LogP contribution in [-0.2, 0) is 11.2 Å². The molecule has 0 unspecified atom stereocenters. The van der Waals surface area contributed by atoms with Crippen LogP contribution in [0.1, 0.15) is 28.4 Å². The predicted molar refractivity (Wildman–Crippen MR) is 108 cm³/mol. The Morgan fingerprint density at radius 1 is 1.25 bits per heavy atom. The number of nitrogens with zero attached hydrogens (tertiary/aromatic N) is 2. The van der Waals surface area contributed by atoms with E-state index in [2.05, 4.69) is 16.0 Å². The van der Waals surface area contributed by atoms with Gasteiger partial charge in [0.25, 0.3) is 5.91 Å². The third kappa shape index (κ3) is 5.62. The second-order valence-electron chi connectivity index (χ2n) is 6.15. The molecule has 1 aromatic heterocycles. The van der Waals surface area contributed by atoms with E-state index in [1.54, 1.807) is 24.1 Å². The summed E-state index contributed by atoms with van der Waals surface area (Å²) in [6.45, 7) is 2.84. The molecule has 0 radical (unpaired) electrons. The first kappa shape index (κ1) is 21.0. The number of nitrogens with two attached hydrogens (primary N) is 1. The summed E-state index contributed by atoms with van der Waals surface area (Å²) in [6, 6.07) is 9.48. The van der Waals surface area contributed by atoms with Crippen molar-refractivity contribution in [1.82, 2.24) is 10.3 Å². The van der Waals surface area contributed by atoms with Crippen molar-refractivity contribution in [3.63, 3.8) is 0 Å². The van der Waals surface area contributed by atoms with Crippen molar-refractivity contribution < 1.29 is 14.3 Å².